The van der Waals surface area contributed by atoms with Gasteiger partial charge in [0.1, 0.15) is 0 Å². The largest absolute Gasteiger partial charge is 0.310 e. The molecule has 2 aromatic rings. The fraction of sp³-hybridized carbons (Fsp3) is 0.400. The van der Waals surface area contributed by atoms with Crippen molar-refractivity contribution >= 4 is 22.5 Å². The summed E-state index contributed by atoms with van der Waals surface area (Å²) in [6.45, 7) is 1.67. The van der Waals surface area contributed by atoms with Crippen LogP contribution in [-0.4, -0.2) is 16.9 Å². The first kappa shape index (κ1) is 11.9. The molecule has 1 aromatic carbocycles. The Kier molecular flexibility index (Phi) is 3.48. The number of para-hydroxylation sites is 1. The van der Waals surface area contributed by atoms with E-state index in [0.29, 0.717) is 0 Å². The van der Waals surface area contributed by atoms with Crippen LogP contribution in [0.25, 0.3) is 10.9 Å². The molecule has 1 N–H and O–H groups in total. The lowest BCUT2D eigenvalue weighted by molar-refractivity contribution is 0.614. The molecule has 0 amide bonds. The van der Waals surface area contributed by atoms with Crippen LogP contribution < -0.4 is 5.32 Å². The Bertz CT molecular complexity index is 537. The Morgan fingerprint density at radius 2 is 2.06 bits per heavy atom. The predicted octanol–water partition coefficient (Wildman–Crippen LogP) is 3.34. The lowest BCUT2D eigenvalue weighted by Gasteiger charge is -2.09. The third-order valence-corrected chi connectivity index (χ3v) is 3.95. The van der Waals surface area contributed by atoms with Gasteiger partial charge in [0.05, 0.1) is 11.2 Å². The van der Waals surface area contributed by atoms with Crippen molar-refractivity contribution in [2.45, 2.75) is 24.8 Å². The fourth-order valence-electron chi connectivity index (χ4n) is 2.17. The summed E-state index contributed by atoms with van der Waals surface area (Å²) in [6.07, 6.45) is 2.59. The number of aromatic nitrogens is 1. The van der Waals surface area contributed by atoms with E-state index in [1.807, 2.05) is 18.2 Å². The predicted molar refractivity (Wildman–Crippen MR) is 75.8 cm³/mol. The van der Waals surface area contributed by atoms with E-state index in [9.17, 15) is 0 Å². The van der Waals surface area contributed by atoms with Crippen molar-refractivity contribution in [1.29, 1.82) is 0 Å². The van der Waals surface area contributed by atoms with Gasteiger partial charge in [-0.25, -0.2) is 0 Å². The van der Waals surface area contributed by atoms with Gasteiger partial charge < -0.3 is 5.32 Å². The number of rotatable bonds is 5. The Morgan fingerprint density at radius 1 is 1.22 bits per heavy atom. The smallest absolute Gasteiger partial charge is 0.0705 e. The van der Waals surface area contributed by atoms with Gasteiger partial charge >= 0.3 is 0 Å². The molecule has 1 atom stereocenters. The second kappa shape index (κ2) is 5.25. The van der Waals surface area contributed by atoms with Gasteiger partial charge in [0.25, 0.3) is 0 Å². The molecule has 94 valence electrons. The molecule has 1 fully saturated rings. The number of pyridine rings is 1. The molecule has 1 saturated carbocycles. The average molecular weight is 261 g/mol. The summed E-state index contributed by atoms with van der Waals surface area (Å²) in [4.78, 5) is 4.63. The molecule has 0 radical (unpaired) electrons. The van der Waals surface area contributed by atoms with Gasteiger partial charge in [-0.05, 0) is 30.9 Å². The van der Waals surface area contributed by atoms with Crippen LogP contribution in [0.4, 0.5) is 0 Å². The average Bonchev–Trinajstić information content (AvgIpc) is 3.23. The normalized spacial score (nSPS) is 16.9. The monoisotopic (exact) mass is 260 g/mol. The van der Waals surface area contributed by atoms with Crippen LogP contribution >= 0.6 is 11.6 Å². The van der Waals surface area contributed by atoms with Crippen LogP contribution in [0.5, 0.6) is 0 Å². The quantitative estimate of drug-likeness (QED) is 0.834. The first-order chi connectivity index (χ1) is 8.83. The Labute approximate surface area is 112 Å². The first-order valence-corrected chi connectivity index (χ1v) is 6.96. The van der Waals surface area contributed by atoms with Gasteiger partial charge in [-0.3, -0.25) is 4.98 Å². The zero-order valence-electron chi connectivity index (χ0n) is 10.3. The van der Waals surface area contributed by atoms with E-state index in [1.165, 1.54) is 18.2 Å². The molecule has 1 aromatic heterocycles. The van der Waals surface area contributed by atoms with Crippen LogP contribution in [-0.2, 0) is 6.54 Å². The molecule has 2 nitrogen and oxygen atoms in total. The maximum Gasteiger partial charge on any atom is 0.0705 e. The van der Waals surface area contributed by atoms with Crippen LogP contribution in [0, 0.1) is 5.92 Å². The number of halogens is 1. The summed E-state index contributed by atoms with van der Waals surface area (Å²) in [5.74, 6) is 0.740. The second-order valence-corrected chi connectivity index (χ2v) is 5.54. The van der Waals surface area contributed by atoms with Crippen molar-refractivity contribution in [3.05, 3.63) is 42.1 Å². The third kappa shape index (κ3) is 2.82. The molecule has 3 rings (SSSR count). The van der Waals surface area contributed by atoms with Crippen molar-refractivity contribution in [2.75, 3.05) is 6.54 Å². The van der Waals surface area contributed by atoms with Crippen LogP contribution in [0.3, 0.4) is 0 Å². The third-order valence-electron chi connectivity index (χ3n) is 3.44. The van der Waals surface area contributed by atoms with Gasteiger partial charge in [-0.15, -0.1) is 11.6 Å². The van der Waals surface area contributed by atoms with E-state index < -0.39 is 0 Å². The van der Waals surface area contributed by atoms with E-state index in [-0.39, 0.29) is 5.38 Å². The van der Waals surface area contributed by atoms with Crippen LogP contribution in [0.1, 0.15) is 18.5 Å². The molecule has 1 aliphatic rings. The minimum Gasteiger partial charge on any atom is -0.310 e. The molecule has 1 heterocycles. The second-order valence-electron chi connectivity index (χ2n) is 4.98. The maximum absolute atomic E-state index is 6.26. The van der Waals surface area contributed by atoms with E-state index in [2.05, 4.69) is 28.5 Å². The Morgan fingerprint density at radius 3 is 2.89 bits per heavy atom. The highest BCUT2D eigenvalue weighted by Gasteiger charge is 2.29. The van der Waals surface area contributed by atoms with Crippen molar-refractivity contribution in [1.82, 2.24) is 10.3 Å². The van der Waals surface area contributed by atoms with E-state index in [4.69, 9.17) is 11.6 Å². The Hall–Kier alpha value is -1.12. The minimum absolute atomic E-state index is 0.283. The highest BCUT2D eigenvalue weighted by atomic mass is 35.5. The lowest BCUT2D eigenvalue weighted by Crippen LogP contribution is -2.24. The Balaban J connectivity index is 1.60. The van der Waals surface area contributed by atoms with Crippen LogP contribution in [0.2, 0.25) is 0 Å². The van der Waals surface area contributed by atoms with Crippen molar-refractivity contribution in [2.24, 2.45) is 5.92 Å². The highest BCUT2D eigenvalue weighted by Crippen LogP contribution is 2.35. The van der Waals surface area contributed by atoms with Gasteiger partial charge in [-0.1, -0.05) is 24.3 Å². The summed E-state index contributed by atoms with van der Waals surface area (Å²) >= 11 is 6.26. The molecule has 1 aliphatic carbocycles. The lowest BCUT2D eigenvalue weighted by atomic mass is 10.2. The molecule has 0 saturated heterocycles. The number of fused-ring (bicyclic) bond motifs is 1. The summed E-state index contributed by atoms with van der Waals surface area (Å²) < 4.78 is 0. The van der Waals surface area contributed by atoms with Crippen LogP contribution in [0.15, 0.2) is 36.4 Å². The number of benzene rings is 1. The summed E-state index contributed by atoms with van der Waals surface area (Å²) in [5, 5.41) is 4.87. The molecule has 0 aliphatic heterocycles. The van der Waals surface area contributed by atoms with E-state index >= 15 is 0 Å². The molecule has 18 heavy (non-hydrogen) atoms. The number of nitrogens with zero attached hydrogens (tertiary/aromatic N) is 1. The van der Waals surface area contributed by atoms with E-state index in [1.54, 1.807) is 0 Å². The fourth-order valence-corrected chi connectivity index (χ4v) is 2.53. The van der Waals surface area contributed by atoms with Crippen molar-refractivity contribution in [3.8, 4) is 0 Å². The maximum atomic E-state index is 6.26. The van der Waals surface area contributed by atoms with Crippen molar-refractivity contribution < 1.29 is 0 Å². The first-order valence-electron chi connectivity index (χ1n) is 6.52. The summed E-state index contributed by atoms with van der Waals surface area (Å²) in [5.41, 5.74) is 2.13. The number of alkyl halides is 1. The zero-order chi connectivity index (χ0) is 12.4. The SMILES string of the molecule is ClC(CNCc1ccc2ccccc2n1)C1CC1. The molecular weight excluding hydrogens is 244 g/mol. The van der Waals surface area contributed by atoms with Gasteiger partial charge in [0.2, 0.25) is 0 Å². The standard InChI is InChI=1S/C15H17ClN2/c16-14(11-5-6-11)10-17-9-13-8-7-12-3-1-2-4-15(12)18-13/h1-4,7-8,11,14,17H,5-6,9-10H2. The minimum atomic E-state index is 0.283. The number of hydrogen-bond donors (Lipinski definition) is 1. The molecule has 0 spiro atoms. The van der Waals surface area contributed by atoms with Gasteiger partial charge in [0.15, 0.2) is 0 Å². The molecular formula is C15H17ClN2. The summed E-state index contributed by atoms with van der Waals surface area (Å²) in [6, 6.07) is 12.4. The number of hydrogen-bond acceptors (Lipinski definition) is 2. The summed E-state index contributed by atoms with van der Waals surface area (Å²) in [7, 11) is 0. The molecule has 3 heteroatoms. The zero-order valence-corrected chi connectivity index (χ0v) is 11.0. The number of nitrogens with one attached hydrogen (secondary N) is 1. The topological polar surface area (TPSA) is 24.9 Å². The highest BCUT2D eigenvalue weighted by molar-refractivity contribution is 6.21. The molecule has 1 unspecified atom stereocenters. The van der Waals surface area contributed by atoms with E-state index in [0.717, 1.165) is 30.2 Å². The molecule has 0 bridgehead atoms. The van der Waals surface area contributed by atoms with Crippen molar-refractivity contribution in [3.63, 3.8) is 0 Å². The van der Waals surface area contributed by atoms with Gasteiger partial charge in [0, 0.05) is 23.9 Å². The van der Waals surface area contributed by atoms with Gasteiger partial charge in [-0.2, -0.15) is 0 Å².